The molecule has 1 aromatic carbocycles. The van der Waals surface area contributed by atoms with Crippen LogP contribution in [0.1, 0.15) is 43.6 Å². The highest BCUT2D eigenvalue weighted by Gasteiger charge is 2.24. The van der Waals surface area contributed by atoms with E-state index in [1.54, 1.807) is 18.9 Å². The van der Waals surface area contributed by atoms with Gasteiger partial charge in [0.15, 0.2) is 5.82 Å². The maximum atomic E-state index is 12.2. The van der Waals surface area contributed by atoms with Gasteiger partial charge in [0.05, 0.1) is 0 Å². The molecule has 0 aliphatic heterocycles. The second-order valence-electron chi connectivity index (χ2n) is 6.79. The van der Waals surface area contributed by atoms with Crippen molar-refractivity contribution in [3.8, 4) is 0 Å². The zero-order valence-electron chi connectivity index (χ0n) is 16.2. The molecule has 1 aromatic heterocycles. The van der Waals surface area contributed by atoms with Crippen molar-refractivity contribution in [2.75, 3.05) is 13.6 Å². The monoisotopic (exact) mass is 373 g/mol. The second-order valence-corrected chi connectivity index (χ2v) is 6.79. The van der Waals surface area contributed by atoms with Crippen LogP contribution in [0.4, 0.5) is 4.79 Å². The molecular formula is C19H27N5O3. The smallest absolute Gasteiger partial charge is 0.315 e. The second kappa shape index (κ2) is 9.70. The molecule has 0 saturated carbocycles. The summed E-state index contributed by atoms with van der Waals surface area (Å²) in [6, 6.07) is 9.01. The fraction of sp³-hybridized carbons (Fsp3) is 0.474. The summed E-state index contributed by atoms with van der Waals surface area (Å²) in [5, 5.41) is 9.28. The maximum absolute atomic E-state index is 12.2. The van der Waals surface area contributed by atoms with Gasteiger partial charge in [-0.05, 0) is 18.4 Å². The van der Waals surface area contributed by atoms with E-state index in [9.17, 15) is 9.59 Å². The topological polar surface area (TPSA) is 100 Å². The summed E-state index contributed by atoms with van der Waals surface area (Å²) in [5.74, 6) is 0.933. The van der Waals surface area contributed by atoms with Crippen molar-refractivity contribution in [3.63, 3.8) is 0 Å². The lowest BCUT2D eigenvalue weighted by Crippen LogP contribution is -2.41. The lowest BCUT2D eigenvalue weighted by Gasteiger charge is -2.20. The number of aryl methyl sites for hydroxylation is 1. The molecule has 1 heterocycles. The Morgan fingerprint density at radius 2 is 1.93 bits per heavy atom. The Kier molecular flexibility index (Phi) is 7.34. The zero-order chi connectivity index (χ0) is 19.8. The van der Waals surface area contributed by atoms with E-state index in [-0.39, 0.29) is 36.9 Å². The Hall–Kier alpha value is -2.90. The first-order valence-corrected chi connectivity index (χ1v) is 8.99. The number of urea groups is 1. The van der Waals surface area contributed by atoms with Gasteiger partial charge in [0.25, 0.3) is 0 Å². The molecule has 0 bridgehead atoms. The third-order valence-corrected chi connectivity index (χ3v) is 4.08. The molecule has 1 atom stereocenters. The summed E-state index contributed by atoms with van der Waals surface area (Å²) in [6.07, 6.45) is 0.225. The quantitative estimate of drug-likeness (QED) is 0.740. The molecule has 8 heteroatoms. The van der Waals surface area contributed by atoms with E-state index in [1.807, 2.05) is 44.2 Å². The summed E-state index contributed by atoms with van der Waals surface area (Å²) < 4.78 is 5.15. The van der Waals surface area contributed by atoms with Crippen LogP contribution in [0.25, 0.3) is 0 Å². The van der Waals surface area contributed by atoms with Gasteiger partial charge in [0.1, 0.15) is 6.04 Å². The SMILES string of the molecule is Cc1noc(C(NC(=O)NCCC(=O)N(C)Cc2ccccc2)C(C)C)n1. The lowest BCUT2D eigenvalue weighted by atomic mass is 10.0. The molecule has 2 N–H and O–H groups in total. The summed E-state index contributed by atoms with van der Waals surface area (Å²) in [6.45, 7) is 6.41. The molecular weight excluding hydrogens is 346 g/mol. The molecule has 3 amide bonds. The molecule has 0 aliphatic carbocycles. The highest BCUT2D eigenvalue weighted by molar-refractivity contribution is 5.78. The normalized spacial score (nSPS) is 11.9. The van der Waals surface area contributed by atoms with Crippen LogP contribution in [-0.2, 0) is 11.3 Å². The van der Waals surface area contributed by atoms with Crippen molar-refractivity contribution in [2.45, 2.75) is 39.8 Å². The molecule has 8 nitrogen and oxygen atoms in total. The van der Waals surface area contributed by atoms with Crippen LogP contribution < -0.4 is 10.6 Å². The molecule has 0 radical (unpaired) electrons. The number of aromatic nitrogens is 2. The maximum Gasteiger partial charge on any atom is 0.315 e. The molecule has 0 fully saturated rings. The van der Waals surface area contributed by atoms with Crippen LogP contribution >= 0.6 is 0 Å². The van der Waals surface area contributed by atoms with Gasteiger partial charge in [-0.2, -0.15) is 4.98 Å². The average molecular weight is 373 g/mol. The van der Waals surface area contributed by atoms with Crippen LogP contribution in [0.5, 0.6) is 0 Å². The first kappa shape index (κ1) is 20.4. The molecule has 0 spiro atoms. The van der Waals surface area contributed by atoms with Crippen LogP contribution in [0.2, 0.25) is 0 Å². The first-order valence-electron chi connectivity index (χ1n) is 8.99. The number of nitrogens with zero attached hydrogens (tertiary/aromatic N) is 3. The zero-order valence-corrected chi connectivity index (χ0v) is 16.2. The predicted molar refractivity (Wildman–Crippen MR) is 101 cm³/mol. The Bertz CT molecular complexity index is 745. The van der Waals surface area contributed by atoms with Gasteiger partial charge in [-0.1, -0.05) is 49.3 Å². The van der Waals surface area contributed by atoms with Gasteiger partial charge in [0, 0.05) is 26.6 Å². The van der Waals surface area contributed by atoms with Crippen LogP contribution in [-0.4, -0.2) is 40.6 Å². The van der Waals surface area contributed by atoms with Crippen LogP contribution in [0.3, 0.4) is 0 Å². The third kappa shape index (κ3) is 6.40. The van der Waals surface area contributed by atoms with Gasteiger partial charge in [-0.25, -0.2) is 4.79 Å². The number of amides is 3. The van der Waals surface area contributed by atoms with Gasteiger partial charge >= 0.3 is 6.03 Å². The minimum absolute atomic E-state index is 0.0351. The van der Waals surface area contributed by atoms with E-state index in [4.69, 9.17) is 4.52 Å². The van der Waals surface area contributed by atoms with E-state index < -0.39 is 0 Å². The number of hydrogen-bond donors (Lipinski definition) is 2. The number of hydrogen-bond acceptors (Lipinski definition) is 5. The number of carbonyl (C=O) groups excluding carboxylic acids is 2. The van der Waals surface area contributed by atoms with Crippen molar-refractivity contribution in [1.82, 2.24) is 25.7 Å². The minimum atomic E-state index is -0.386. The third-order valence-electron chi connectivity index (χ3n) is 4.08. The fourth-order valence-electron chi connectivity index (χ4n) is 2.56. The van der Waals surface area contributed by atoms with E-state index in [1.165, 1.54) is 0 Å². The minimum Gasteiger partial charge on any atom is -0.341 e. The standard InChI is InChI=1S/C19H27N5O3/c1-13(2)17(18-21-14(3)23-27-18)22-19(26)20-11-10-16(25)24(4)12-15-8-6-5-7-9-15/h5-9,13,17H,10-12H2,1-4H3,(H2,20,22,26). The largest absolute Gasteiger partial charge is 0.341 e. The first-order chi connectivity index (χ1) is 12.9. The van der Waals surface area contributed by atoms with Crippen LogP contribution in [0.15, 0.2) is 34.9 Å². The van der Waals surface area contributed by atoms with E-state index >= 15 is 0 Å². The van der Waals surface area contributed by atoms with Crippen molar-refractivity contribution in [1.29, 1.82) is 0 Å². The molecule has 146 valence electrons. The summed E-state index contributed by atoms with van der Waals surface area (Å²) in [4.78, 5) is 30.2. The Morgan fingerprint density at radius 3 is 2.52 bits per heavy atom. The van der Waals surface area contributed by atoms with Crippen molar-refractivity contribution in [2.24, 2.45) is 5.92 Å². The van der Waals surface area contributed by atoms with Crippen molar-refractivity contribution < 1.29 is 14.1 Å². The highest BCUT2D eigenvalue weighted by atomic mass is 16.5. The van der Waals surface area contributed by atoms with Gasteiger partial charge in [-0.3, -0.25) is 4.79 Å². The average Bonchev–Trinajstić information content (AvgIpc) is 3.06. The number of carbonyl (C=O) groups is 2. The Labute approximate surface area is 159 Å². The van der Waals surface area contributed by atoms with Gasteiger partial charge < -0.3 is 20.1 Å². The number of benzene rings is 1. The number of rotatable bonds is 8. The molecule has 2 rings (SSSR count). The van der Waals surface area contributed by atoms with Gasteiger partial charge in [0.2, 0.25) is 11.8 Å². The molecule has 0 saturated heterocycles. The molecule has 1 unspecified atom stereocenters. The van der Waals surface area contributed by atoms with Crippen LogP contribution in [0, 0.1) is 12.8 Å². The fourth-order valence-corrected chi connectivity index (χ4v) is 2.56. The lowest BCUT2D eigenvalue weighted by molar-refractivity contribution is -0.130. The number of nitrogens with one attached hydrogen (secondary N) is 2. The molecule has 2 aromatic rings. The van der Waals surface area contributed by atoms with Crippen molar-refractivity contribution >= 4 is 11.9 Å². The van der Waals surface area contributed by atoms with E-state index in [0.717, 1.165) is 5.56 Å². The molecule has 0 aliphatic rings. The Morgan fingerprint density at radius 1 is 1.22 bits per heavy atom. The summed E-state index contributed by atoms with van der Waals surface area (Å²) in [5.41, 5.74) is 1.06. The predicted octanol–water partition coefficient (Wildman–Crippen LogP) is 2.42. The highest BCUT2D eigenvalue weighted by Crippen LogP contribution is 2.19. The van der Waals surface area contributed by atoms with Crippen molar-refractivity contribution in [3.05, 3.63) is 47.6 Å². The van der Waals surface area contributed by atoms with E-state index in [2.05, 4.69) is 20.8 Å². The van der Waals surface area contributed by atoms with Gasteiger partial charge in [-0.15, -0.1) is 0 Å². The summed E-state index contributed by atoms with van der Waals surface area (Å²) in [7, 11) is 1.75. The molecule has 27 heavy (non-hydrogen) atoms. The summed E-state index contributed by atoms with van der Waals surface area (Å²) >= 11 is 0. The Balaban J connectivity index is 1.76. The van der Waals surface area contributed by atoms with E-state index in [0.29, 0.717) is 18.3 Å².